The molecule has 2 aromatic rings. The Bertz CT molecular complexity index is 1150. The van der Waals surface area contributed by atoms with Crippen LogP contribution in [0, 0.1) is 5.92 Å². The van der Waals surface area contributed by atoms with Crippen LogP contribution in [-0.2, 0) is 31.0 Å². The highest BCUT2D eigenvalue weighted by Gasteiger charge is 2.61. The van der Waals surface area contributed by atoms with Gasteiger partial charge < -0.3 is 19.5 Å². The van der Waals surface area contributed by atoms with Gasteiger partial charge in [0, 0.05) is 36.4 Å². The van der Waals surface area contributed by atoms with Crippen molar-refractivity contribution in [3.05, 3.63) is 77.0 Å². The fourth-order valence-electron chi connectivity index (χ4n) is 6.75. The number of likely N-dealkylation sites (tertiary alicyclic amines) is 1. The quantitative estimate of drug-likeness (QED) is 0.622. The molecule has 1 N–H and O–H groups in total. The van der Waals surface area contributed by atoms with E-state index in [0.29, 0.717) is 6.61 Å². The standard InChI is InChI=1S/C28H32N2O4.ClH/c1-27(2)33-17-22(34-27)19-15-23-28(13-14-30(23)16-18-9-5-4-6-10-18)20-11-7-8-12-21(20)29-25(28)24(19)26(31)32-3;/h4-12,19,22-23,29H,13-17H2,1-3H3;1H/t19?,22-,23?,28+;/m0./s1. The Balaban J connectivity index is 0.00000253. The molecule has 1 aliphatic carbocycles. The molecule has 7 heteroatoms. The van der Waals surface area contributed by atoms with E-state index in [9.17, 15) is 4.79 Å². The molecule has 3 aliphatic heterocycles. The number of carbonyl (C=O) groups excluding carboxylic acids is 1. The van der Waals surface area contributed by atoms with Gasteiger partial charge in [-0.05, 0) is 43.9 Å². The number of nitrogens with zero attached hydrogens (tertiary/aromatic N) is 1. The van der Waals surface area contributed by atoms with Gasteiger partial charge in [-0.25, -0.2) is 4.79 Å². The second-order valence-electron chi connectivity index (χ2n) is 10.4. The van der Waals surface area contributed by atoms with E-state index in [4.69, 9.17) is 14.2 Å². The van der Waals surface area contributed by atoms with Crippen LogP contribution in [0.5, 0.6) is 0 Å². The lowest BCUT2D eigenvalue weighted by Crippen LogP contribution is -2.51. The summed E-state index contributed by atoms with van der Waals surface area (Å²) in [5.74, 6) is -1.04. The van der Waals surface area contributed by atoms with E-state index in [-0.39, 0.29) is 41.9 Å². The van der Waals surface area contributed by atoms with Gasteiger partial charge in [0.25, 0.3) is 0 Å². The van der Waals surface area contributed by atoms with Gasteiger partial charge in [-0.15, -0.1) is 12.4 Å². The molecule has 0 bridgehead atoms. The van der Waals surface area contributed by atoms with Crippen LogP contribution in [-0.4, -0.2) is 49.1 Å². The number of fused-ring (bicyclic) bond motifs is 1. The molecular weight excluding hydrogens is 464 g/mol. The number of anilines is 1. The van der Waals surface area contributed by atoms with Gasteiger partial charge in [0.15, 0.2) is 5.79 Å². The number of hydrogen-bond acceptors (Lipinski definition) is 6. The number of halogens is 1. The highest BCUT2D eigenvalue weighted by Crippen LogP contribution is 2.59. The highest BCUT2D eigenvalue weighted by atomic mass is 35.5. The van der Waals surface area contributed by atoms with Crippen LogP contribution in [0.4, 0.5) is 5.69 Å². The van der Waals surface area contributed by atoms with Crippen LogP contribution in [0.3, 0.4) is 0 Å². The summed E-state index contributed by atoms with van der Waals surface area (Å²) >= 11 is 0. The molecule has 2 aromatic carbocycles. The third-order valence-corrected chi connectivity index (χ3v) is 8.15. The molecule has 3 heterocycles. The summed E-state index contributed by atoms with van der Waals surface area (Å²) in [7, 11) is 1.47. The van der Waals surface area contributed by atoms with Crippen LogP contribution in [0.2, 0.25) is 0 Å². The third-order valence-electron chi connectivity index (χ3n) is 8.15. The van der Waals surface area contributed by atoms with E-state index in [1.807, 2.05) is 13.8 Å². The maximum Gasteiger partial charge on any atom is 0.335 e. The normalized spacial score (nSPS) is 30.7. The number of rotatable bonds is 4. The molecule has 0 aromatic heterocycles. The Hall–Kier alpha value is -2.38. The van der Waals surface area contributed by atoms with E-state index in [1.54, 1.807) is 0 Å². The van der Waals surface area contributed by atoms with Crippen molar-refractivity contribution in [2.75, 3.05) is 25.6 Å². The van der Waals surface area contributed by atoms with Crippen molar-refractivity contribution >= 4 is 24.1 Å². The summed E-state index contributed by atoms with van der Waals surface area (Å²) in [4.78, 5) is 15.9. The lowest BCUT2D eigenvalue weighted by atomic mass is 9.63. The first-order valence-electron chi connectivity index (χ1n) is 12.2. The zero-order valence-corrected chi connectivity index (χ0v) is 21.3. The van der Waals surface area contributed by atoms with E-state index < -0.39 is 5.79 Å². The molecule has 2 saturated heterocycles. The predicted octanol–water partition coefficient (Wildman–Crippen LogP) is 4.64. The number of ether oxygens (including phenoxy) is 3. The Morgan fingerprint density at radius 3 is 2.60 bits per heavy atom. The van der Waals surface area contributed by atoms with Gasteiger partial charge >= 0.3 is 5.97 Å². The number of para-hydroxylation sites is 1. The molecular formula is C28H33ClN2O4. The van der Waals surface area contributed by atoms with E-state index in [1.165, 1.54) is 18.2 Å². The smallest absolute Gasteiger partial charge is 0.335 e. The third kappa shape index (κ3) is 3.78. The topological polar surface area (TPSA) is 60.0 Å². The average molecular weight is 497 g/mol. The van der Waals surface area contributed by atoms with Crippen molar-refractivity contribution in [2.45, 2.75) is 56.6 Å². The van der Waals surface area contributed by atoms with Crippen molar-refractivity contribution in [1.29, 1.82) is 0 Å². The lowest BCUT2D eigenvalue weighted by molar-refractivity contribution is -0.148. The summed E-state index contributed by atoms with van der Waals surface area (Å²) in [5, 5.41) is 3.68. The van der Waals surface area contributed by atoms with Gasteiger partial charge in [-0.1, -0.05) is 48.5 Å². The van der Waals surface area contributed by atoms with Crippen LogP contribution in [0.25, 0.3) is 0 Å². The van der Waals surface area contributed by atoms with E-state index >= 15 is 0 Å². The maximum atomic E-state index is 13.3. The van der Waals surface area contributed by atoms with Gasteiger partial charge in [-0.2, -0.15) is 0 Å². The SMILES string of the molecule is COC(=O)C1=C2Nc3ccccc3[C@@]23CCN(Cc2ccccc2)C3CC1[C@@H]1COC(C)(C)O1.Cl. The minimum absolute atomic E-state index is 0. The van der Waals surface area contributed by atoms with Crippen molar-refractivity contribution in [2.24, 2.45) is 5.92 Å². The number of nitrogens with one attached hydrogen (secondary N) is 1. The summed E-state index contributed by atoms with van der Waals surface area (Å²) in [6.07, 6.45) is 1.59. The Morgan fingerprint density at radius 2 is 1.89 bits per heavy atom. The molecule has 2 unspecified atom stereocenters. The molecule has 2 fully saturated rings. The minimum atomic E-state index is -0.656. The molecule has 4 aliphatic rings. The van der Waals surface area contributed by atoms with Gasteiger partial charge in [-0.3, -0.25) is 4.90 Å². The van der Waals surface area contributed by atoms with Crippen molar-refractivity contribution < 1.29 is 19.0 Å². The van der Waals surface area contributed by atoms with Gasteiger partial charge in [0.2, 0.25) is 0 Å². The zero-order chi connectivity index (χ0) is 23.5. The predicted molar refractivity (Wildman–Crippen MR) is 136 cm³/mol. The van der Waals surface area contributed by atoms with Crippen LogP contribution in [0.1, 0.15) is 37.8 Å². The number of methoxy groups -OCH3 is 1. The Kier molecular flexibility index (Phi) is 6.20. The number of esters is 1. The Morgan fingerprint density at radius 1 is 1.14 bits per heavy atom. The van der Waals surface area contributed by atoms with Crippen molar-refractivity contribution in [1.82, 2.24) is 4.90 Å². The molecule has 6 nitrogen and oxygen atoms in total. The second-order valence-corrected chi connectivity index (χ2v) is 10.4. The zero-order valence-electron chi connectivity index (χ0n) is 20.5. The van der Waals surface area contributed by atoms with Crippen LogP contribution in [0.15, 0.2) is 65.9 Å². The molecule has 0 saturated carbocycles. The molecule has 35 heavy (non-hydrogen) atoms. The number of carbonyl (C=O) groups is 1. The fraction of sp³-hybridized carbons (Fsp3) is 0.464. The van der Waals surface area contributed by atoms with E-state index in [0.717, 1.165) is 42.9 Å². The first kappa shape index (κ1) is 24.3. The van der Waals surface area contributed by atoms with E-state index in [2.05, 4.69) is 64.8 Å². The first-order valence-corrected chi connectivity index (χ1v) is 12.2. The molecule has 186 valence electrons. The molecule has 0 amide bonds. The van der Waals surface area contributed by atoms with Crippen molar-refractivity contribution in [3.8, 4) is 0 Å². The fourth-order valence-corrected chi connectivity index (χ4v) is 6.75. The number of hydrogen-bond donors (Lipinski definition) is 1. The highest BCUT2D eigenvalue weighted by molar-refractivity contribution is 5.93. The average Bonchev–Trinajstić information content (AvgIpc) is 3.50. The molecule has 6 rings (SSSR count). The maximum absolute atomic E-state index is 13.3. The molecule has 4 atom stereocenters. The summed E-state index contributed by atoms with van der Waals surface area (Å²) in [6, 6.07) is 19.4. The monoisotopic (exact) mass is 496 g/mol. The lowest BCUT2D eigenvalue weighted by Gasteiger charge is -2.45. The molecule has 1 spiro atoms. The summed E-state index contributed by atoms with van der Waals surface area (Å²) < 4.78 is 17.6. The minimum Gasteiger partial charge on any atom is -0.466 e. The van der Waals surface area contributed by atoms with Crippen molar-refractivity contribution in [3.63, 3.8) is 0 Å². The second kappa shape index (κ2) is 8.93. The van der Waals surface area contributed by atoms with Gasteiger partial charge in [0.05, 0.1) is 30.8 Å². The van der Waals surface area contributed by atoms with Gasteiger partial charge in [0.1, 0.15) is 0 Å². The van der Waals surface area contributed by atoms with Crippen LogP contribution < -0.4 is 5.32 Å². The first-order chi connectivity index (χ1) is 16.4. The summed E-state index contributed by atoms with van der Waals surface area (Å²) in [5.41, 5.74) is 5.17. The Labute approximate surface area is 213 Å². The van der Waals surface area contributed by atoms with Crippen LogP contribution >= 0.6 is 12.4 Å². The largest absolute Gasteiger partial charge is 0.466 e. The summed E-state index contributed by atoms with van der Waals surface area (Å²) in [6.45, 7) is 6.19. The molecule has 0 radical (unpaired) electrons. The number of benzene rings is 2.